The van der Waals surface area contributed by atoms with Crippen LogP contribution in [-0.2, 0) is 0 Å². The van der Waals surface area contributed by atoms with Gasteiger partial charge in [-0.2, -0.15) is 0 Å². The third-order valence-corrected chi connectivity index (χ3v) is 1.96. The van der Waals surface area contributed by atoms with Gasteiger partial charge in [0, 0.05) is 0 Å². The Morgan fingerprint density at radius 1 is 1.31 bits per heavy atom. The number of terminal acetylenes is 1. The van der Waals surface area contributed by atoms with Crippen LogP contribution in [-0.4, -0.2) is 11.2 Å². The molecule has 1 nitrogen and oxygen atoms in total. The van der Waals surface area contributed by atoms with Crippen LogP contribution in [0.15, 0.2) is 12.2 Å². The monoisotopic (exact) mass is 180 g/mol. The average Bonchev–Trinajstić information content (AvgIpc) is 2.16. The third-order valence-electron chi connectivity index (χ3n) is 1.96. The van der Waals surface area contributed by atoms with Crippen LogP contribution in [0.3, 0.4) is 0 Å². The lowest BCUT2D eigenvalue weighted by Gasteiger charge is -1.96. The van der Waals surface area contributed by atoms with Crippen LogP contribution in [0.2, 0.25) is 0 Å². The number of allylic oxidation sites excluding steroid dienone is 1. The molecule has 0 aliphatic heterocycles. The largest absolute Gasteiger partial charge is 0.377 e. The molecule has 13 heavy (non-hydrogen) atoms. The second-order valence-corrected chi connectivity index (χ2v) is 3.24. The van der Waals surface area contributed by atoms with Gasteiger partial charge in [-0.25, -0.2) is 0 Å². The van der Waals surface area contributed by atoms with Gasteiger partial charge in [-0.1, -0.05) is 44.6 Å². The van der Waals surface area contributed by atoms with Crippen LogP contribution < -0.4 is 0 Å². The number of hydrogen-bond acceptors (Lipinski definition) is 1. The molecule has 0 unspecified atom stereocenters. The third kappa shape index (κ3) is 9.17. The first-order valence-electron chi connectivity index (χ1n) is 5.12. The smallest absolute Gasteiger partial charge is 0.133 e. The van der Waals surface area contributed by atoms with Crippen LogP contribution in [0.4, 0.5) is 0 Å². The minimum absolute atomic E-state index is 0.698. The molecule has 1 atom stereocenters. The molecule has 0 bridgehead atoms. The first kappa shape index (κ1) is 12.3. The van der Waals surface area contributed by atoms with Crippen LogP contribution in [0.25, 0.3) is 0 Å². The Kier molecular flexibility index (Phi) is 8.82. The average molecular weight is 180 g/mol. The quantitative estimate of drug-likeness (QED) is 0.363. The zero-order chi connectivity index (χ0) is 9.94. The van der Waals surface area contributed by atoms with E-state index in [-0.39, 0.29) is 0 Å². The zero-order valence-electron chi connectivity index (χ0n) is 8.50. The van der Waals surface area contributed by atoms with E-state index in [9.17, 15) is 0 Å². The van der Waals surface area contributed by atoms with Gasteiger partial charge in [0.2, 0.25) is 0 Å². The number of hydrogen-bond donors (Lipinski definition) is 1. The lowest BCUT2D eigenvalue weighted by atomic mass is 10.1. The van der Waals surface area contributed by atoms with Crippen LogP contribution >= 0.6 is 0 Å². The van der Waals surface area contributed by atoms with Gasteiger partial charge in [-0.15, -0.1) is 6.42 Å². The SMILES string of the molecule is C#C[C@@H](O)/C=C\CCCCCCC. The Balaban J connectivity index is 3.16. The second-order valence-electron chi connectivity index (χ2n) is 3.24. The molecule has 0 aromatic heterocycles. The molecule has 0 aromatic carbocycles. The summed E-state index contributed by atoms with van der Waals surface area (Å²) in [6, 6.07) is 0. The molecule has 0 saturated heterocycles. The minimum Gasteiger partial charge on any atom is -0.377 e. The van der Waals surface area contributed by atoms with Crippen LogP contribution in [0.1, 0.15) is 45.4 Å². The normalized spacial score (nSPS) is 13.0. The summed E-state index contributed by atoms with van der Waals surface area (Å²) in [4.78, 5) is 0. The van der Waals surface area contributed by atoms with Crippen molar-refractivity contribution in [1.82, 2.24) is 0 Å². The molecular formula is C12H20O. The molecule has 74 valence electrons. The summed E-state index contributed by atoms with van der Waals surface area (Å²) in [5.74, 6) is 2.24. The molecule has 0 heterocycles. The van der Waals surface area contributed by atoms with Gasteiger partial charge < -0.3 is 5.11 Å². The maximum absolute atomic E-state index is 8.98. The highest BCUT2D eigenvalue weighted by molar-refractivity contribution is 5.05. The molecule has 0 aromatic rings. The van der Waals surface area contributed by atoms with Crippen molar-refractivity contribution in [2.75, 3.05) is 0 Å². The fourth-order valence-corrected chi connectivity index (χ4v) is 1.15. The van der Waals surface area contributed by atoms with Gasteiger partial charge in [-0.05, 0) is 18.9 Å². The molecule has 0 rings (SSSR count). The maximum atomic E-state index is 8.98. The first-order chi connectivity index (χ1) is 6.31. The second kappa shape index (κ2) is 9.35. The van der Waals surface area contributed by atoms with Crippen LogP contribution in [0.5, 0.6) is 0 Å². The Morgan fingerprint density at radius 2 is 2.00 bits per heavy atom. The van der Waals surface area contributed by atoms with Crippen molar-refractivity contribution >= 4 is 0 Å². The Hall–Kier alpha value is -0.740. The molecule has 1 heteroatoms. The summed E-state index contributed by atoms with van der Waals surface area (Å²) in [7, 11) is 0. The van der Waals surface area contributed by atoms with Crippen molar-refractivity contribution < 1.29 is 5.11 Å². The van der Waals surface area contributed by atoms with E-state index in [2.05, 4.69) is 12.8 Å². The van der Waals surface area contributed by atoms with Gasteiger partial charge in [0.25, 0.3) is 0 Å². The summed E-state index contributed by atoms with van der Waals surface area (Å²) < 4.78 is 0. The molecule has 0 amide bonds. The van der Waals surface area contributed by atoms with E-state index >= 15 is 0 Å². The highest BCUT2D eigenvalue weighted by Gasteiger charge is 1.89. The fourth-order valence-electron chi connectivity index (χ4n) is 1.15. The molecular weight excluding hydrogens is 160 g/mol. The molecule has 0 radical (unpaired) electrons. The standard InChI is InChI=1S/C12H20O/c1-3-5-6-7-8-9-10-11-12(13)4-2/h2,10-13H,3,5-9H2,1H3/b11-10-/t12-/m1/s1. The zero-order valence-corrected chi connectivity index (χ0v) is 8.50. The lowest BCUT2D eigenvalue weighted by molar-refractivity contribution is 0.280. The van der Waals surface area contributed by atoms with Crippen LogP contribution in [0, 0.1) is 12.3 Å². The fraction of sp³-hybridized carbons (Fsp3) is 0.667. The van der Waals surface area contributed by atoms with Crippen molar-refractivity contribution in [2.24, 2.45) is 0 Å². The Morgan fingerprint density at radius 3 is 2.62 bits per heavy atom. The molecule has 0 saturated carbocycles. The van der Waals surface area contributed by atoms with E-state index in [1.54, 1.807) is 6.08 Å². The summed E-state index contributed by atoms with van der Waals surface area (Å²) in [6.07, 6.45) is 15.4. The van der Waals surface area contributed by atoms with Crippen molar-refractivity contribution in [1.29, 1.82) is 0 Å². The highest BCUT2D eigenvalue weighted by atomic mass is 16.3. The van der Waals surface area contributed by atoms with Crippen molar-refractivity contribution in [3.05, 3.63) is 12.2 Å². The van der Waals surface area contributed by atoms with E-state index in [0.29, 0.717) is 0 Å². The van der Waals surface area contributed by atoms with Gasteiger partial charge in [0.05, 0.1) is 0 Å². The lowest BCUT2D eigenvalue weighted by Crippen LogP contribution is -1.95. The van der Waals surface area contributed by atoms with E-state index in [1.165, 1.54) is 32.1 Å². The van der Waals surface area contributed by atoms with Gasteiger partial charge >= 0.3 is 0 Å². The summed E-state index contributed by atoms with van der Waals surface area (Å²) in [6.45, 7) is 2.21. The number of rotatable bonds is 7. The predicted octanol–water partition coefficient (Wildman–Crippen LogP) is 2.90. The number of aliphatic hydroxyl groups excluding tert-OH is 1. The summed E-state index contributed by atoms with van der Waals surface area (Å²) >= 11 is 0. The summed E-state index contributed by atoms with van der Waals surface area (Å²) in [5, 5.41) is 8.98. The highest BCUT2D eigenvalue weighted by Crippen LogP contribution is 2.05. The molecule has 1 N–H and O–H groups in total. The van der Waals surface area contributed by atoms with Gasteiger partial charge in [0.1, 0.15) is 6.10 Å². The van der Waals surface area contributed by atoms with E-state index in [4.69, 9.17) is 11.5 Å². The van der Waals surface area contributed by atoms with Crippen molar-refractivity contribution in [3.8, 4) is 12.3 Å². The maximum Gasteiger partial charge on any atom is 0.133 e. The van der Waals surface area contributed by atoms with E-state index in [1.807, 2.05) is 6.08 Å². The Bertz CT molecular complexity index is 164. The molecule has 0 fully saturated rings. The van der Waals surface area contributed by atoms with Crippen molar-refractivity contribution in [2.45, 2.75) is 51.6 Å². The minimum atomic E-state index is -0.698. The first-order valence-corrected chi connectivity index (χ1v) is 5.12. The number of aliphatic hydroxyl groups is 1. The molecule has 0 spiro atoms. The van der Waals surface area contributed by atoms with Gasteiger partial charge in [0.15, 0.2) is 0 Å². The summed E-state index contributed by atoms with van der Waals surface area (Å²) in [5.41, 5.74) is 0. The Labute approximate surface area is 81.9 Å². The molecule has 0 aliphatic carbocycles. The predicted molar refractivity (Wildman–Crippen MR) is 57.4 cm³/mol. The topological polar surface area (TPSA) is 20.2 Å². The van der Waals surface area contributed by atoms with Gasteiger partial charge in [-0.3, -0.25) is 0 Å². The number of unbranched alkanes of at least 4 members (excludes halogenated alkanes) is 5. The molecule has 0 aliphatic rings. The van der Waals surface area contributed by atoms with Crippen molar-refractivity contribution in [3.63, 3.8) is 0 Å². The van der Waals surface area contributed by atoms with E-state index in [0.717, 1.165) is 6.42 Å². The van der Waals surface area contributed by atoms with E-state index < -0.39 is 6.10 Å².